The number of carbonyl (C=O) groups is 2. The molecule has 1 unspecified atom stereocenters. The highest BCUT2D eigenvalue weighted by Gasteiger charge is 2.39. The van der Waals surface area contributed by atoms with Gasteiger partial charge in [-0.05, 0) is 32.6 Å². The highest BCUT2D eigenvalue weighted by atomic mass is 16.2. The molecule has 3 nitrogen and oxygen atoms in total. The summed E-state index contributed by atoms with van der Waals surface area (Å²) in [6, 6.07) is 0.0914. The van der Waals surface area contributed by atoms with E-state index >= 15 is 0 Å². The van der Waals surface area contributed by atoms with Crippen LogP contribution >= 0.6 is 0 Å². The van der Waals surface area contributed by atoms with Gasteiger partial charge in [0.2, 0.25) is 0 Å². The number of imide groups is 1. The van der Waals surface area contributed by atoms with Gasteiger partial charge in [-0.2, -0.15) is 0 Å². The fourth-order valence-corrected chi connectivity index (χ4v) is 1.78. The predicted molar refractivity (Wildman–Crippen MR) is 47.8 cm³/mol. The molecule has 2 aliphatic rings. The first kappa shape index (κ1) is 8.48. The van der Waals surface area contributed by atoms with E-state index in [4.69, 9.17) is 0 Å². The fourth-order valence-electron chi connectivity index (χ4n) is 1.78. The molecule has 0 bridgehead atoms. The van der Waals surface area contributed by atoms with Crippen LogP contribution in [0.4, 0.5) is 0 Å². The van der Waals surface area contributed by atoms with Crippen molar-refractivity contribution in [3.8, 4) is 0 Å². The fraction of sp³-hybridized carbons (Fsp3) is 0.600. The zero-order valence-electron chi connectivity index (χ0n) is 7.91. The van der Waals surface area contributed by atoms with Crippen LogP contribution in [0.15, 0.2) is 11.6 Å². The van der Waals surface area contributed by atoms with E-state index in [2.05, 4.69) is 0 Å². The molecule has 13 heavy (non-hydrogen) atoms. The lowest BCUT2D eigenvalue weighted by Crippen LogP contribution is -2.39. The number of rotatable bonds is 2. The highest BCUT2D eigenvalue weighted by molar-refractivity contribution is 6.16. The maximum absolute atomic E-state index is 11.5. The van der Waals surface area contributed by atoms with Crippen LogP contribution in [-0.4, -0.2) is 22.8 Å². The summed E-state index contributed by atoms with van der Waals surface area (Å²) in [5, 5.41) is 0. The van der Waals surface area contributed by atoms with E-state index < -0.39 is 0 Å². The lowest BCUT2D eigenvalue weighted by Gasteiger charge is -2.22. The van der Waals surface area contributed by atoms with Gasteiger partial charge in [0.25, 0.3) is 11.8 Å². The number of carbonyl (C=O) groups excluding carboxylic acids is 2. The molecule has 1 atom stereocenters. The number of nitrogens with zero attached hydrogens (tertiary/aromatic N) is 1. The maximum atomic E-state index is 11.5. The van der Waals surface area contributed by atoms with Crippen LogP contribution in [0.2, 0.25) is 0 Å². The SMILES string of the molecule is CC1=CC(=O)N(C(C)C2CC2)C1=O. The molecule has 0 spiro atoms. The summed E-state index contributed by atoms with van der Waals surface area (Å²) in [5.74, 6) is 0.304. The molecule has 0 aromatic rings. The van der Waals surface area contributed by atoms with E-state index in [0.717, 1.165) is 12.8 Å². The zero-order valence-corrected chi connectivity index (χ0v) is 7.91. The Kier molecular flexibility index (Phi) is 1.75. The van der Waals surface area contributed by atoms with Crippen LogP contribution < -0.4 is 0 Å². The number of amides is 2. The van der Waals surface area contributed by atoms with Gasteiger partial charge < -0.3 is 0 Å². The predicted octanol–water partition coefficient (Wildman–Crippen LogP) is 1.10. The lowest BCUT2D eigenvalue weighted by atomic mass is 10.2. The average Bonchev–Trinajstić information content (AvgIpc) is 2.82. The summed E-state index contributed by atoms with van der Waals surface area (Å²) in [4.78, 5) is 24.3. The molecule has 1 heterocycles. The molecule has 1 fully saturated rings. The van der Waals surface area contributed by atoms with Crippen molar-refractivity contribution in [1.82, 2.24) is 4.90 Å². The summed E-state index contributed by atoms with van der Waals surface area (Å²) in [7, 11) is 0. The monoisotopic (exact) mass is 179 g/mol. The van der Waals surface area contributed by atoms with Crippen molar-refractivity contribution >= 4 is 11.8 Å². The van der Waals surface area contributed by atoms with E-state index in [-0.39, 0.29) is 17.9 Å². The van der Waals surface area contributed by atoms with Crippen molar-refractivity contribution in [2.24, 2.45) is 5.92 Å². The summed E-state index contributed by atoms with van der Waals surface area (Å²) in [6.45, 7) is 3.65. The first-order valence-corrected chi connectivity index (χ1v) is 4.67. The van der Waals surface area contributed by atoms with Crippen LogP contribution in [0.25, 0.3) is 0 Å². The van der Waals surface area contributed by atoms with Gasteiger partial charge in [-0.15, -0.1) is 0 Å². The third-order valence-electron chi connectivity index (χ3n) is 2.85. The quantitative estimate of drug-likeness (QED) is 0.595. The molecule has 70 valence electrons. The van der Waals surface area contributed by atoms with E-state index in [0.29, 0.717) is 11.5 Å². The van der Waals surface area contributed by atoms with Crippen LogP contribution in [0.5, 0.6) is 0 Å². The zero-order chi connectivity index (χ0) is 9.59. The molecular formula is C10H13NO2. The second-order valence-electron chi connectivity index (χ2n) is 3.92. The molecule has 0 saturated heterocycles. The van der Waals surface area contributed by atoms with Gasteiger partial charge in [0.15, 0.2) is 0 Å². The van der Waals surface area contributed by atoms with Crippen molar-refractivity contribution in [3.63, 3.8) is 0 Å². The first-order chi connectivity index (χ1) is 6.11. The number of hydrogen-bond acceptors (Lipinski definition) is 2. The second kappa shape index (κ2) is 2.69. The van der Waals surface area contributed by atoms with E-state index in [1.54, 1.807) is 6.92 Å². The number of hydrogen-bond donors (Lipinski definition) is 0. The minimum atomic E-state index is -0.137. The molecule has 2 rings (SSSR count). The summed E-state index contributed by atoms with van der Waals surface area (Å²) < 4.78 is 0. The molecule has 1 aliphatic carbocycles. The van der Waals surface area contributed by atoms with Crippen molar-refractivity contribution < 1.29 is 9.59 Å². The van der Waals surface area contributed by atoms with Crippen LogP contribution in [0.1, 0.15) is 26.7 Å². The Bertz CT molecular complexity index is 302. The Morgan fingerprint density at radius 3 is 2.46 bits per heavy atom. The summed E-state index contributed by atoms with van der Waals surface area (Å²) in [5.41, 5.74) is 0.567. The van der Waals surface area contributed by atoms with E-state index in [1.165, 1.54) is 11.0 Å². The molecule has 0 aromatic carbocycles. The molecule has 2 amide bonds. The first-order valence-electron chi connectivity index (χ1n) is 4.67. The van der Waals surface area contributed by atoms with E-state index in [9.17, 15) is 9.59 Å². The van der Waals surface area contributed by atoms with Crippen molar-refractivity contribution in [2.45, 2.75) is 32.7 Å². The Morgan fingerprint density at radius 2 is 2.08 bits per heavy atom. The third-order valence-corrected chi connectivity index (χ3v) is 2.85. The van der Waals surface area contributed by atoms with Crippen molar-refractivity contribution in [3.05, 3.63) is 11.6 Å². The third kappa shape index (κ3) is 1.28. The van der Waals surface area contributed by atoms with Crippen LogP contribution in [-0.2, 0) is 9.59 Å². The summed E-state index contributed by atoms with van der Waals surface area (Å²) in [6.07, 6.45) is 3.73. The normalized spacial score (nSPS) is 25.1. The Balaban J connectivity index is 2.16. The van der Waals surface area contributed by atoms with Gasteiger partial charge in [0.05, 0.1) is 0 Å². The largest absolute Gasteiger partial charge is 0.272 e. The topological polar surface area (TPSA) is 37.4 Å². The van der Waals surface area contributed by atoms with Gasteiger partial charge in [-0.25, -0.2) is 0 Å². The molecular weight excluding hydrogens is 166 g/mol. The molecule has 1 aliphatic heterocycles. The minimum absolute atomic E-state index is 0.0914. The van der Waals surface area contributed by atoms with Gasteiger partial charge in [-0.1, -0.05) is 0 Å². The van der Waals surface area contributed by atoms with Gasteiger partial charge >= 0.3 is 0 Å². The lowest BCUT2D eigenvalue weighted by molar-refractivity contribution is -0.139. The van der Waals surface area contributed by atoms with Crippen LogP contribution in [0.3, 0.4) is 0 Å². The molecule has 0 aromatic heterocycles. The molecule has 3 heteroatoms. The Hall–Kier alpha value is -1.12. The van der Waals surface area contributed by atoms with Gasteiger partial charge in [0, 0.05) is 17.7 Å². The van der Waals surface area contributed by atoms with Crippen molar-refractivity contribution in [1.29, 1.82) is 0 Å². The molecule has 1 saturated carbocycles. The van der Waals surface area contributed by atoms with Crippen LogP contribution in [0, 0.1) is 5.92 Å². The maximum Gasteiger partial charge on any atom is 0.256 e. The van der Waals surface area contributed by atoms with E-state index in [1.807, 2.05) is 6.92 Å². The molecule has 0 radical (unpaired) electrons. The van der Waals surface area contributed by atoms with Crippen molar-refractivity contribution in [2.75, 3.05) is 0 Å². The second-order valence-corrected chi connectivity index (χ2v) is 3.92. The standard InChI is InChI=1S/C10H13NO2/c1-6-5-9(12)11(10(6)13)7(2)8-3-4-8/h5,7-8H,3-4H2,1-2H3. The smallest absolute Gasteiger partial charge is 0.256 e. The Morgan fingerprint density at radius 1 is 1.46 bits per heavy atom. The average molecular weight is 179 g/mol. The Labute approximate surface area is 77.4 Å². The summed E-state index contributed by atoms with van der Waals surface area (Å²) >= 11 is 0. The molecule has 0 N–H and O–H groups in total. The highest BCUT2D eigenvalue weighted by Crippen LogP contribution is 2.36. The van der Waals surface area contributed by atoms with Gasteiger partial charge in [0.1, 0.15) is 0 Å². The minimum Gasteiger partial charge on any atom is -0.272 e. The van der Waals surface area contributed by atoms with Gasteiger partial charge in [-0.3, -0.25) is 14.5 Å².